The Morgan fingerprint density at radius 1 is 1.06 bits per heavy atom. The Kier molecular flexibility index (Phi) is 3.60. The average Bonchev–Trinajstić information content (AvgIpc) is 3.14. The number of imidazole rings is 1. The molecule has 1 saturated carbocycles. The van der Waals surface area contributed by atoms with E-state index in [1.807, 2.05) is 6.07 Å². The number of H-pyrrole nitrogens is 1. The lowest BCUT2D eigenvalue weighted by molar-refractivity contribution is -0.116. The molecule has 3 atom stereocenters. The molecule has 3 aliphatic rings. The molecule has 4 aromatic rings. The number of hydrogen-bond donors (Lipinski definition) is 2. The summed E-state index contributed by atoms with van der Waals surface area (Å²) >= 11 is 0. The van der Waals surface area contributed by atoms with Crippen LogP contribution in [0.2, 0.25) is 0 Å². The van der Waals surface area contributed by atoms with Crippen LogP contribution in [0.25, 0.3) is 11.0 Å². The smallest absolute Gasteiger partial charge is 0.225 e. The summed E-state index contributed by atoms with van der Waals surface area (Å²) in [7, 11) is 0. The molecule has 3 unspecified atom stereocenters. The summed E-state index contributed by atoms with van der Waals surface area (Å²) in [6, 6.07) is 14.7. The van der Waals surface area contributed by atoms with E-state index in [0.29, 0.717) is 36.4 Å². The molecule has 1 amide bonds. The molecule has 6 nitrogen and oxygen atoms in total. The summed E-state index contributed by atoms with van der Waals surface area (Å²) in [6.45, 7) is 2.11. The van der Waals surface area contributed by atoms with Crippen molar-refractivity contribution in [3.8, 4) is 11.5 Å². The minimum Gasteiger partial charge on any atom is -0.457 e. The van der Waals surface area contributed by atoms with Gasteiger partial charge in [-0.3, -0.25) is 4.79 Å². The fourth-order valence-corrected chi connectivity index (χ4v) is 5.59. The van der Waals surface area contributed by atoms with Gasteiger partial charge in [0, 0.05) is 24.1 Å². The number of pyridine rings is 1. The van der Waals surface area contributed by atoms with Crippen molar-refractivity contribution in [2.75, 3.05) is 5.32 Å². The Morgan fingerprint density at radius 2 is 2.00 bits per heavy atom. The number of nitrogens with one attached hydrogen (secondary N) is 2. The van der Waals surface area contributed by atoms with E-state index in [0.717, 1.165) is 40.3 Å². The number of anilines is 1. The Hall–Kier alpha value is -3.67. The minimum atomic E-state index is 0.00578. The standard InChI is InChI=1S/C26H22N4O2/c1-13-2-6-19-20(10-13)29-26(28-19)24-18-11-14-3-4-15(12-17(14)23(18)24)32-21-8-9-27-25-16(21)5-7-22(31)30-25/h2-4,6,8-10,12,18,23-24H,5,7,11H2,1H3,(H,28,29)(H,27,30,31). The van der Waals surface area contributed by atoms with Gasteiger partial charge in [-0.25, -0.2) is 9.97 Å². The van der Waals surface area contributed by atoms with Crippen molar-refractivity contribution in [1.29, 1.82) is 0 Å². The number of aromatic nitrogens is 3. The maximum absolute atomic E-state index is 11.7. The molecule has 1 aliphatic heterocycles. The molecule has 0 saturated heterocycles. The lowest BCUT2D eigenvalue weighted by atomic mass is 10.0. The van der Waals surface area contributed by atoms with Crippen LogP contribution < -0.4 is 10.1 Å². The fraction of sp³-hybridized carbons (Fsp3) is 0.269. The molecule has 32 heavy (non-hydrogen) atoms. The number of hydrogen-bond acceptors (Lipinski definition) is 4. The van der Waals surface area contributed by atoms with E-state index < -0.39 is 0 Å². The predicted octanol–water partition coefficient (Wildman–Crippen LogP) is 5.00. The highest BCUT2D eigenvalue weighted by Gasteiger charge is 2.57. The average molecular weight is 422 g/mol. The van der Waals surface area contributed by atoms with Gasteiger partial charge in [0.25, 0.3) is 0 Å². The molecule has 0 bridgehead atoms. The summed E-state index contributed by atoms with van der Waals surface area (Å²) in [6.07, 6.45) is 3.89. The van der Waals surface area contributed by atoms with E-state index in [-0.39, 0.29) is 5.91 Å². The van der Waals surface area contributed by atoms with Crippen molar-refractivity contribution >= 4 is 22.8 Å². The number of ether oxygens (including phenoxy) is 1. The largest absolute Gasteiger partial charge is 0.457 e. The molecule has 2 aliphatic carbocycles. The Balaban J connectivity index is 1.18. The van der Waals surface area contributed by atoms with Crippen LogP contribution in [0, 0.1) is 12.8 Å². The van der Waals surface area contributed by atoms with Crippen molar-refractivity contribution in [1.82, 2.24) is 15.0 Å². The third-order valence-corrected chi connectivity index (χ3v) is 7.17. The monoisotopic (exact) mass is 422 g/mol. The minimum absolute atomic E-state index is 0.00578. The summed E-state index contributed by atoms with van der Waals surface area (Å²) in [5.41, 5.74) is 7.17. The number of fused-ring (bicyclic) bond motifs is 5. The number of benzene rings is 2. The summed E-state index contributed by atoms with van der Waals surface area (Å²) in [4.78, 5) is 24.4. The summed E-state index contributed by atoms with van der Waals surface area (Å²) in [5, 5.41) is 2.84. The second-order valence-electron chi connectivity index (χ2n) is 9.21. The van der Waals surface area contributed by atoms with E-state index in [9.17, 15) is 4.79 Å². The first-order valence-electron chi connectivity index (χ1n) is 11.2. The zero-order valence-electron chi connectivity index (χ0n) is 17.7. The van der Waals surface area contributed by atoms with Gasteiger partial charge in [0.05, 0.1) is 11.0 Å². The van der Waals surface area contributed by atoms with E-state index >= 15 is 0 Å². The SMILES string of the molecule is Cc1ccc2nc(C3C4Cc5ccc(Oc6ccnc7c6CCC(=O)N7)cc5C43)[nH]c2c1. The van der Waals surface area contributed by atoms with Crippen LogP contribution in [-0.4, -0.2) is 20.9 Å². The van der Waals surface area contributed by atoms with Gasteiger partial charge in [-0.2, -0.15) is 0 Å². The zero-order valence-corrected chi connectivity index (χ0v) is 17.7. The first-order chi connectivity index (χ1) is 15.6. The molecule has 0 radical (unpaired) electrons. The Labute approximate surface area is 185 Å². The second-order valence-corrected chi connectivity index (χ2v) is 9.21. The van der Waals surface area contributed by atoms with E-state index in [1.54, 1.807) is 6.20 Å². The zero-order chi connectivity index (χ0) is 21.4. The first kappa shape index (κ1) is 18.0. The molecule has 3 heterocycles. The highest BCUT2D eigenvalue weighted by Crippen LogP contribution is 2.66. The fourth-order valence-electron chi connectivity index (χ4n) is 5.59. The van der Waals surface area contributed by atoms with Crippen molar-refractivity contribution < 1.29 is 9.53 Å². The van der Waals surface area contributed by atoms with Crippen molar-refractivity contribution in [3.63, 3.8) is 0 Å². The maximum atomic E-state index is 11.7. The molecule has 1 fully saturated rings. The number of carbonyl (C=O) groups is 1. The van der Waals surface area contributed by atoms with Gasteiger partial charge in [-0.15, -0.1) is 0 Å². The molecule has 0 spiro atoms. The third kappa shape index (κ3) is 2.68. The van der Waals surface area contributed by atoms with Gasteiger partial charge in [-0.05, 0) is 78.6 Å². The van der Waals surface area contributed by atoms with Gasteiger partial charge in [-0.1, -0.05) is 12.1 Å². The molecule has 2 N–H and O–H groups in total. The maximum Gasteiger partial charge on any atom is 0.225 e. The number of rotatable bonds is 3. The van der Waals surface area contributed by atoms with Gasteiger partial charge < -0.3 is 15.0 Å². The van der Waals surface area contributed by atoms with Crippen LogP contribution >= 0.6 is 0 Å². The Bertz CT molecular complexity index is 1420. The summed E-state index contributed by atoms with van der Waals surface area (Å²) < 4.78 is 6.29. The van der Waals surface area contributed by atoms with Gasteiger partial charge in [0.15, 0.2) is 0 Å². The van der Waals surface area contributed by atoms with Crippen LogP contribution in [0.3, 0.4) is 0 Å². The van der Waals surface area contributed by atoms with E-state index in [4.69, 9.17) is 9.72 Å². The number of aryl methyl sites for hydroxylation is 1. The van der Waals surface area contributed by atoms with Crippen LogP contribution in [0.4, 0.5) is 5.82 Å². The van der Waals surface area contributed by atoms with Gasteiger partial charge >= 0.3 is 0 Å². The van der Waals surface area contributed by atoms with Crippen molar-refractivity contribution in [3.05, 3.63) is 76.7 Å². The van der Waals surface area contributed by atoms with Crippen molar-refractivity contribution in [2.24, 2.45) is 5.92 Å². The lowest BCUT2D eigenvalue weighted by Crippen LogP contribution is -2.20. The summed E-state index contributed by atoms with van der Waals surface area (Å²) in [5.74, 6) is 4.90. The van der Waals surface area contributed by atoms with E-state index in [2.05, 4.69) is 58.6 Å². The number of aromatic amines is 1. The highest BCUT2D eigenvalue weighted by molar-refractivity contribution is 5.93. The molecule has 158 valence electrons. The van der Waals surface area contributed by atoms with E-state index in [1.165, 1.54) is 16.7 Å². The van der Waals surface area contributed by atoms with Gasteiger partial charge in [0.1, 0.15) is 23.1 Å². The molecular formula is C26H22N4O2. The highest BCUT2D eigenvalue weighted by atomic mass is 16.5. The predicted molar refractivity (Wildman–Crippen MR) is 121 cm³/mol. The van der Waals surface area contributed by atoms with Gasteiger partial charge in [0.2, 0.25) is 5.91 Å². The number of nitrogens with zero attached hydrogens (tertiary/aromatic N) is 2. The number of amides is 1. The van der Waals surface area contributed by atoms with Crippen LogP contribution in [0.15, 0.2) is 48.7 Å². The quantitative estimate of drug-likeness (QED) is 0.487. The second kappa shape index (κ2) is 6.42. The van der Waals surface area contributed by atoms with Crippen LogP contribution in [0.1, 0.15) is 46.3 Å². The molecule has 2 aromatic heterocycles. The Morgan fingerprint density at radius 3 is 2.94 bits per heavy atom. The van der Waals surface area contributed by atoms with Crippen LogP contribution in [-0.2, 0) is 17.6 Å². The molecular weight excluding hydrogens is 400 g/mol. The molecule has 7 rings (SSSR count). The lowest BCUT2D eigenvalue weighted by Gasteiger charge is -2.19. The first-order valence-corrected chi connectivity index (χ1v) is 11.2. The van der Waals surface area contributed by atoms with Crippen LogP contribution in [0.5, 0.6) is 11.5 Å². The van der Waals surface area contributed by atoms with Crippen molar-refractivity contribution in [2.45, 2.75) is 38.0 Å². The molecule has 2 aromatic carbocycles. The topological polar surface area (TPSA) is 79.9 Å². The molecule has 6 heteroatoms. The normalized spacial score (nSPS) is 22.8. The third-order valence-electron chi connectivity index (χ3n) is 7.17. The number of carbonyl (C=O) groups excluding carboxylic acids is 1.